The molecule has 0 N–H and O–H groups in total. The Morgan fingerprint density at radius 1 is 0.760 bits per heavy atom. The lowest BCUT2D eigenvalue weighted by atomic mass is 9.84. The van der Waals surface area contributed by atoms with Gasteiger partial charge >= 0.3 is 0 Å². The topological polar surface area (TPSA) is 9.23 Å². The molecule has 0 heterocycles. The molecule has 1 fully saturated rings. The second kappa shape index (κ2) is 13.3. The zero-order valence-electron chi connectivity index (χ0n) is 16.5. The van der Waals surface area contributed by atoms with Crippen molar-refractivity contribution < 1.29 is 4.74 Å². The van der Waals surface area contributed by atoms with Gasteiger partial charge in [0.1, 0.15) is 5.75 Å². The molecule has 1 aromatic rings. The molecule has 0 saturated heterocycles. The van der Waals surface area contributed by atoms with Crippen LogP contribution in [0.15, 0.2) is 24.3 Å². The molecule has 141 valence electrons. The highest BCUT2D eigenvalue weighted by Gasteiger charge is 2.15. The first-order chi connectivity index (χ1) is 12.4. The minimum absolute atomic E-state index is 0.765. The van der Waals surface area contributed by atoms with Gasteiger partial charge in [0, 0.05) is 0 Å². The summed E-state index contributed by atoms with van der Waals surface area (Å²) >= 11 is 0. The Labute approximate surface area is 156 Å². The fraction of sp³-hybridized carbons (Fsp3) is 0.708. The molecule has 0 unspecified atom stereocenters. The molecule has 0 bridgehead atoms. The average Bonchev–Trinajstić information content (AvgIpc) is 2.67. The first-order valence-electron chi connectivity index (χ1n) is 10.9. The van der Waals surface area contributed by atoms with Crippen molar-refractivity contribution in [1.82, 2.24) is 0 Å². The molecular formula is C24H39O. The van der Waals surface area contributed by atoms with Crippen LogP contribution in [0.2, 0.25) is 0 Å². The standard InChI is InChI=1S/C24H39O/c1-2-3-4-5-6-7-8-9-10-14-21-25-24-19-17-23(18-20-24)22-15-12-11-13-16-22/h11,17-20,22H,2-10,12-16,21H2,1H3. The Morgan fingerprint density at radius 2 is 1.32 bits per heavy atom. The van der Waals surface area contributed by atoms with Crippen LogP contribution >= 0.6 is 0 Å². The van der Waals surface area contributed by atoms with Crippen molar-refractivity contribution in [3.63, 3.8) is 0 Å². The second-order valence-corrected chi connectivity index (χ2v) is 7.74. The molecule has 0 spiro atoms. The number of rotatable bonds is 13. The predicted molar refractivity (Wildman–Crippen MR) is 109 cm³/mol. The lowest BCUT2D eigenvalue weighted by Crippen LogP contribution is -2.05. The van der Waals surface area contributed by atoms with Crippen molar-refractivity contribution in [1.29, 1.82) is 0 Å². The molecule has 2 rings (SSSR count). The highest BCUT2D eigenvalue weighted by atomic mass is 16.5. The van der Waals surface area contributed by atoms with E-state index in [-0.39, 0.29) is 0 Å². The summed E-state index contributed by atoms with van der Waals surface area (Å²) in [6, 6.07) is 8.90. The molecule has 1 nitrogen and oxygen atoms in total. The van der Waals surface area contributed by atoms with E-state index in [1.807, 2.05) is 0 Å². The summed E-state index contributed by atoms with van der Waals surface area (Å²) in [5.74, 6) is 1.81. The quantitative estimate of drug-likeness (QED) is 0.331. The van der Waals surface area contributed by atoms with Crippen molar-refractivity contribution in [3.05, 3.63) is 36.2 Å². The van der Waals surface area contributed by atoms with Crippen molar-refractivity contribution in [2.75, 3.05) is 6.61 Å². The van der Waals surface area contributed by atoms with Gasteiger partial charge in [-0.3, -0.25) is 0 Å². The molecule has 1 aromatic carbocycles. The van der Waals surface area contributed by atoms with Crippen LogP contribution in [0, 0.1) is 6.42 Å². The van der Waals surface area contributed by atoms with E-state index in [9.17, 15) is 0 Å². The Bertz CT molecular complexity index is 416. The van der Waals surface area contributed by atoms with Gasteiger partial charge in [-0.15, -0.1) is 0 Å². The minimum Gasteiger partial charge on any atom is -0.494 e. The van der Waals surface area contributed by atoms with Crippen LogP contribution in [0.3, 0.4) is 0 Å². The molecule has 1 aliphatic rings. The normalized spacial score (nSPS) is 15.4. The van der Waals surface area contributed by atoms with E-state index in [2.05, 4.69) is 37.6 Å². The van der Waals surface area contributed by atoms with E-state index in [1.165, 1.54) is 95.5 Å². The third-order valence-electron chi connectivity index (χ3n) is 5.56. The van der Waals surface area contributed by atoms with Crippen LogP contribution < -0.4 is 4.74 Å². The van der Waals surface area contributed by atoms with Crippen molar-refractivity contribution in [2.24, 2.45) is 0 Å². The maximum atomic E-state index is 5.91. The Morgan fingerprint density at radius 3 is 1.92 bits per heavy atom. The van der Waals surface area contributed by atoms with Crippen molar-refractivity contribution in [2.45, 2.75) is 103 Å². The average molecular weight is 344 g/mol. The molecule has 0 aromatic heterocycles. The summed E-state index contributed by atoms with van der Waals surface area (Å²) < 4.78 is 5.91. The third kappa shape index (κ3) is 8.79. The van der Waals surface area contributed by atoms with E-state index >= 15 is 0 Å². The second-order valence-electron chi connectivity index (χ2n) is 7.74. The molecule has 25 heavy (non-hydrogen) atoms. The first kappa shape index (κ1) is 20.3. The first-order valence-corrected chi connectivity index (χ1v) is 10.9. The maximum Gasteiger partial charge on any atom is 0.119 e. The van der Waals surface area contributed by atoms with Crippen molar-refractivity contribution in [3.8, 4) is 5.75 Å². The SMILES string of the molecule is CCCCCCCCCCCCOc1ccc(C2CC[CH]CC2)cc1. The maximum absolute atomic E-state index is 5.91. The highest BCUT2D eigenvalue weighted by Crippen LogP contribution is 2.32. The van der Waals surface area contributed by atoms with Gasteiger partial charge in [0.2, 0.25) is 0 Å². The highest BCUT2D eigenvalue weighted by molar-refractivity contribution is 5.29. The van der Waals surface area contributed by atoms with Gasteiger partial charge in [-0.05, 0) is 62.1 Å². The molecule has 1 saturated carbocycles. The molecule has 0 atom stereocenters. The largest absolute Gasteiger partial charge is 0.494 e. The molecule has 1 aliphatic carbocycles. The molecule has 0 aliphatic heterocycles. The van der Waals surface area contributed by atoms with E-state index in [1.54, 1.807) is 0 Å². The van der Waals surface area contributed by atoms with Gasteiger partial charge in [-0.2, -0.15) is 0 Å². The number of hydrogen-bond acceptors (Lipinski definition) is 1. The monoisotopic (exact) mass is 343 g/mol. The summed E-state index contributed by atoms with van der Waals surface area (Å²) in [4.78, 5) is 0. The molecule has 0 amide bonds. The van der Waals surface area contributed by atoms with Crippen LogP contribution in [0.4, 0.5) is 0 Å². The Balaban J connectivity index is 1.46. The molecular weight excluding hydrogens is 304 g/mol. The van der Waals surface area contributed by atoms with E-state index in [4.69, 9.17) is 4.74 Å². The number of hydrogen-bond donors (Lipinski definition) is 0. The van der Waals surface area contributed by atoms with Gasteiger partial charge in [0.15, 0.2) is 0 Å². The Kier molecular flexibility index (Phi) is 10.8. The summed E-state index contributed by atoms with van der Waals surface area (Å²) in [7, 11) is 0. The number of ether oxygens (including phenoxy) is 1. The van der Waals surface area contributed by atoms with Crippen LogP contribution in [0.5, 0.6) is 5.75 Å². The van der Waals surface area contributed by atoms with E-state index < -0.39 is 0 Å². The van der Waals surface area contributed by atoms with Crippen LogP contribution in [0.1, 0.15) is 108 Å². The van der Waals surface area contributed by atoms with Gasteiger partial charge in [-0.1, -0.05) is 76.8 Å². The summed E-state index contributed by atoms with van der Waals surface area (Å²) in [6.07, 6.45) is 21.4. The lowest BCUT2D eigenvalue weighted by molar-refractivity contribution is 0.304. The van der Waals surface area contributed by atoms with Gasteiger partial charge in [-0.25, -0.2) is 0 Å². The summed E-state index contributed by atoms with van der Waals surface area (Å²) in [5, 5.41) is 0. The number of benzene rings is 1. The minimum atomic E-state index is 0.765. The van der Waals surface area contributed by atoms with Crippen LogP contribution in [-0.2, 0) is 0 Å². The van der Waals surface area contributed by atoms with Gasteiger partial charge in [0.05, 0.1) is 6.61 Å². The van der Waals surface area contributed by atoms with Crippen molar-refractivity contribution >= 4 is 0 Å². The van der Waals surface area contributed by atoms with Crippen LogP contribution in [-0.4, -0.2) is 6.61 Å². The third-order valence-corrected chi connectivity index (χ3v) is 5.56. The van der Waals surface area contributed by atoms with Crippen LogP contribution in [0.25, 0.3) is 0 Å². The predicted octanol–water partition coefficient (Wildman–Crippen LogP) is 7.85. The lowest BCUT2D eigenvalue weighted by Gasteiger charge is -2.21. The molecule has 1 heteroatoms. The zero-order chi connectivity index (χ0) is 17.6. The fourth-order valence-corrected chi connectivity index (χ4v) is 3.88. The van der Waals surface area contributed by atoms with Gasteiger partial charge in [0.25, 0.3) is 0 Å². The summed E-state index contributed by atoms with van der Waals surface area (Å²) in [6.45, 7) is 3.15. The van der Waals surface area contributed by atoms with E-state index in [0.29, 0.717) is 0 Å². The fourth-order valence-electron chi connectivity index (χ4n) is 3.88. The molecule has 1 radical (unpaired) electrons. The van der Waals surface area contributed by atoms with Gasteiger partial charge < -0.3 is 4.74 Å². The zero-order valence-corrected chi connectivity index (χ0v) is 16.5. The number of unbranched alkanes of at least 4 members (excludes halogenated alkanes) is 9. The smallest absolute Gasteiger partial charge is 0.119 e. The Hall–Kier alpha value is -0.980. The summed E-state index contributed by atoms with van der Waals surface area (Å²) in [5.41, 5.74) is 1.50. The van der Waals surface area contributed by atoms with E-state index in [0.717, 1.165) is 18.3 Å².